The monoisotopic (exact) mass is 400 g/mol. The SMILES string of the molecule is C/C=C(\C)C(O)C/C=C(C)/C=C/C/C(C)=C/CC1=C(C)C(=O)C(OC)=C(OC)C1. The van der Waals surface area contributed by atoms with E-state index in [9.17, 15) is 9.90 Å². The summed E-state index contributed by atoms with van der Waals surface area (Å²) < 4.78 is 10.5. The molecule has 1 unspecified atom stereocenters. The van der Waals surface area contributed by atoms with Crippen LogP contribution >= 0.6 is 0 Å². The van der Waals surface area contributed by atoms with Crippen LogP contribution in [0.3, 0.4) is 0 Å². The highest BCUT2D eigenvalue weighted by Crippen LogP contribution is 2.30. The van der Waals surface area contributed by atoms with Gasteiger partial charge in [0.05, 0.1) is 20.3 Å². The van der Waals surface area contributed by atoms with Gasteiger partial charge in [-0.2, -0.15) is 0 Å². The second kappa shape index (κ2) is 12.3. The lowest BCUT2D eigenvalue weighted by Gasteiger charge is -2.21. The Balaban J connectivity index is 2.65. The fourth-order valence-electron chi connectivity index (χ4n) is 3.02. The van der Waals surface area contributed by atoms with Crippen LogP contribution in [0, 0.1) is 0 Å². The highest BCUT2D eigenvalue weighted by atomic mass is 16.5. The van der Waals surface area contributed by atoms with Gasteiger partial charge in [-0.25, -0.2) is 0 Å². The van der Waals surface area contributed by atoms with E-state index in [0.29, 0.717) is 24.4 Å². The molecule has 4 heteroatoms. The number of ether oxygens (including phenoxy) is 2. The Morgan fingerprint density at radius 3 is 2.45 bits per heavy atom. The number of ketones is 1. The predicted molar refractivity (Wildman–Crippen MR) is 119 cm³/mol. The summed E-state index contributed by atoms with van der Waals surface area (Å²) in [6, 6.07) is 0. The van der Waals surface area contributed by atoms with Crippen molar-refractivity contribution in [3.8, 4) is 0 Å². The van der Waals surface area contributed by atoms with E-state index in [-0.39, 0.29) is 5.78 Å². The molecule has 1 rings (SSSR count). The van der Waals surface area contributed by atoms with Crippen LogP contribution in [0.4, 0.5) is 0 Å². The highest BCUT2D eigenvalue weighted by Gasteiger charge is 2.27. The summed E-state index contributed by atoms with van der Waals surface area (Å²) in [4.78, 5) is 12.4. The van der Waals surface area contributed by atoms with Gasteiger partial charge in [0, 0.05) is 12.0 Å². The van der Waals surface area contributed by atoms with E-state index in [1.54, 1.807) is 7.11 Å². The summed E-state index contributed by atoms with van der Waals surface area (Å²) >= 11 is 0. The summed E-state index contributed by atoms with van der Waals surface area (Å²) in [6.45, 7) is 9.87. The first-order valence-corrected chi connectivity index (χ1v) is 10.1. The number of hydrogen-bond acceptors (Lipinski definition) is 4. The van der Waals surface area contributed by atoms with Crippen LogP contribution < -0.4 is 0 Å². The van der Waals surface area contributed by atoms with Gasteiger partial charge >= 0.3 is 0 Å². The number of methoxy groups -OCH3 is 2. The topological polar surface area (TPSA) is 55.8 Å². The Hall–Kier alpha value is -2.33. The number of aliphatic hydroxyl groups is 1. The van der Waals surface area contributed by atoms with Crippen molar-refractivity contribution in [3.63, 3.8) is 0 Å². The average molecular weight is 401 g/mol. The van der Waals surface area contributed by atoms with Crippen molar-refractivity contribution in [2.45, 2.75) is 66.4 Å². The van der Waals surface area contributed by atoms with Crippen molar-refractivity contribution in [3.05, 3.63) is 69.8 Å². The lowest BCUT2D eigenvalue weighted by Crippen LogP contribution is -2.17. The molecule has 0 aromatic rings. The molecular formula is C25H36O4. The fraction of sp³-hybridized carbons (Fsp3) is 0.480. The van der Waals surface area contributed by atoms with Gasteiger partial charge in [-0.05, 0) is 59.5 Å². The first kappa shape index (κ1) is 24.7. The van der Waals surface area contributed by atoms with E-state index >= 15 is 0 Å². The van der Waals surface area contributed by atoms with Gasteiger partial charge in [0.15, 0.2) is 0 Å². The molecule has 1 atom stereocenters. The summed E-state index contributed by atoms with van der Waals surface area (Å²) in [5.74, 6) is 0.821. The minimum atomic E-state index is -0.413. The van der Waals surface area contributed by atoms with Gasteiger partial charge in [0.2, 0.25) is 11.5 Å². The Morgan fingerprint density at radius 2 is 1.86 bits per heavy atom. The van der Waals surface area contributed by atoms with Gasteiger partial charge in [0.1, 0.15) is 5.76 Å². The second-order valence-electron chi connectivity index (χ2n) is 7.49. The predicted octanol–water partition coefficient (Wildman–Crippen LogP) is 5.73. The van der Waals surface area contributed by atoms with Gasteiger partial charge in [-0.15, -0.1) is 0 Å². The Morgan fingerprint density at radius 1 is 1.17 bits per heavy atom. The van der Waals surface area contributed by atoms with Crippen LogP contribution in [0.15, 0.2) is 69.8 Å². The third-order valence-corrected chi connectivity index (χ3v) is 5.32. The normalized spacial score (nSPS) is 18.1. The lowest BCUT2D eigenvalue weighted by atomic mass is 9.91. The molecule has 0 heterocycles. The van der Waals surface area contributed by atoms with Crippen LogP contribution in [-0.4, -0.2) is 31.2 Å². The molecule has 0 saturated carbocycles. The molecule has 0 amide bonds. The number of carbonyl (C=O) groups excluding carboxylic acids is 1. The van der Waals surface area contributed by atoms with Crippen molar-refractivity contribution in [2.24, 2.45) is 0 Å². The molecule has 0 radical (unpaired) electrons. The minimum Gasteiger partial charge on any atom is -0.497 e. The molecule has 29 heavy (non-hydrogen) atoms. The van der Waals surface area contributed by atoms with Gasteiger partial charge in [0.25, 0.3) is 0 Å². The molecule has 0 saturated heterocycles. The van der Waals surface area contributed by atoms with Gasteiger partial charge in [-0.1, -0.05) is 47.1 Å². The quantitative estimate of drug-likeness (QED) is 0.376. The van der Waals surface area contributed by atoms with Gasteiger partial charge in [-0.3, -0.25) is 4.79 Å². The number of hydrogen-bond donors (Lipinski definition) is 1. The maximum absolute atomic E-state index is 12.4. The molecule has 4 nitrogen and oxygen atoms in total. The van der Waals surface area contributed by atoms with E-state index in [2.05, 4.69) is 31.2 Å². The average Bonchev–Trinajstić information content (AvgIpc) is 2.72. The molecule has 1 aliphatic rings. The maximum Gasteiger partial charge on any atom is 0.226 e. The fourth-order valence-corrected chi connectivity index (χ4v) is 3.02. The van der Waals surface area contributed by atoms with Crippen LogP contribution in [0.25, 0.3) is 0 Å². The zero-order valence-electron chi connectivity index (χ0n) is 19.0. The molecule has 1 N–H and O–H groups in total. The number of rotatable bonds is 10. The van der Waals surface area contributed by atoms with E-state index in [1.807, 2.05) is 33.8 Å². The first-order chi connectivity index (χ1) is 13.7. The van der Waals surface area contributed by atoms with Crippen LogP contribution in [0.2, 0.25) is 0 Å². The van der Waals surface area contributed by atoms with E-state index in [1.165, 1.54) is 12.7 Å². The Kier molecular flexibility index (Phi) is 10.5. The smallest absolute Gasteiger partial charge is 0.226 e. The van der Waals surface area contributed by atoms with Crippen molar-refractivity contribution in [2.75, 3.05) is 14.2 Å². The Labute approximate surface area is 176 Å². The van der Waals surface area contributed by atoms with Crippen molar-refractivity contribution >= 4 is 5.78 Å². The zero-order valence-corrected chi connectivity index (χ0v) is 19.0. The molecule has 0 aromatic heterocycles. The van der Waals surface area contributed by atoms with E-state index in [4.69, 9.17) is 9.47 Å². The van der Waals surface area contributed by atoms with Crippen LogP contribution in [-0.2, 0) is 14.3 Å². The third kappa shape index (κ3) is 7.54. The standard InChI is InChI=1S/C25H36O4/c1-8-19(4)22(26)15-13-18(3)11-9-10-17(2)12-14-21-16-23(28-6)25(29-7)24(27)20(21)5/h8-9,11-13,22,26H,10,14-16H2,1-7H3/b11-9+,17-12+,18-13+,19-8+. The molecule has 0 fully saturated rings. The largest absolute Gasteiger partial charge is 0.497 e. The Bertz CT molecular complexity index is 773. The molecule has 1 aliphatic carbocycles. The summed E-state index contributed by atoms with van der Waals surface area (Å²) in [7, 11) is 3.07. The summed E-state index contributed by atoms with van der Waals surface area (Å²) in [6.07, 6.45) is 12.8. The zero-order chi connectivity index (χ0) is 22.0. The summed E-state index contributed by atoms with van der Waals surface area (Å²) in [5, 5.41) is 9.99. The molecule has 160 valence electrons. The third-order valence-electron chi connectivity index (χ3n) is 5.32. The first-order valence-electron chi connectivity index (χ1n) is 10.1. The van der Waals surface area contributed by atoms with E-state index in [0.717, 1.165) is 35.1 Å². The van der Waals surface area contributed by atoms with Crippen molar-refractivity contribution in [1.29, 1.82) is 0 Å². The van der Waals surface area contributed by atoms with Crippen LogP contribution in [0.1, 0.15) is 60.3 Å². The molecule has 0 aromatic carbocycles. The highest BCUT2D eigenvalue weighted by molar-refractivity contribution is 6.08. The molecule has 0 bridgehead atoms. The minimum absolute atomic E-state index is 0.0901. The van der Waals surface area contributed by atoms with Crippen molar-refractivity contribution in [1.82, 2.24) is 0 Å². The van der Waals surface area contributed by atoms with Crippen molar-refractivity contribution < 1.29 is 19.4 Å². The van der Waals surface area contributed by atoms with E-state index < -0.39 is 6.10 Å². The number of allylic oxidation sites excluding steroid dienone is 8. The summed E-state index contributed by atoms with van der Waals surface area (Å²) in [5.41, 5.74) is 5.19. The number of aliphatic hydroxyl groups excluding tert-OH is 1. The van der Waals surface area contributed by atoms with Gasteiger partial charge < -0.3 is 14.6 Å². The maximum atomic E-state index is 12.4. The molecule has 0 spiro atoms. The molecular weight excluding hydrogens is 364 g/mol. The molecule has 0 aliphatic heterocycles. The lowest BCUT2D eigenvalue weighted by molar-refractivity contribution is -0.115. The number of Topliss-reactive ketones (excluding diaryl/α,β-unsaturated/α-hetero) is 1. The second-order valence-corrected chi connectivity index (χ2v) is 7.49. The number of carbonyl (C=O) groups is 1. The van der Waals surface area contributed by atoms with Crippen LogP contribution in [0.5, 0.6) is 0 Å².